The highest BCUT2D eigenvalue weighted by atomic mass is 16.6. The van der Waals surface area contributed by atoms with Crippen LogP contribution in [0.4, 0.5) is 0 Å². The van der Waals surface area contributed by atoms with E-state index in [0.717, 1.165) is 5.70 Å². The Hall–Kier alpha value is -3.74. The number of hydrogen-bond acceptors (Lipinski definition) is 7. The molecule has 2 aliphatic rings. The zero-order valence-electron chi connectivity index (χ0n) is 21.5. The lowest BCUT2D eigenvalue weighted by Gasteiger charge is -2.39. The fraction of sp³-hybridized carbons (Fsp3) is 0.379. The smallest absolute Gasteiger partial charge is 0.336 e. The summed E-state index contributed by atoms with van der Waals surface area (Å²) in [5.41, 5.74) is 2.97. The van der Waals surface area contributed by atoms with Crippen LogP contribution < -0.4 is 19.5 Å². The average molecular weight is 492 g/mol. The summed E-state index contributed by atoms with van der Waals surface area (Å²) in [6.45, 7) is 6.27. The molecule has 0 radical (unpaired) electrons. The molecule has 0 saturated carbocycles. The van der Waals surface area contributed by atoms with Crippen molar-refractivity contribution < 1.29 is 28.5 Å². The number of nitrogens with one attached hydrogen (secondary N) is 1. The van der Waals surface area contributed by atoms with E-state index in [1.807, 2.05) is 43.3 Å². The molecule has 0 fully saturated rings. The molecule has 2 aromatic rings. The van der Waals surface area contributed by atoms with Gasteiger partial charge in [-0.15, -0.1) is 0 Å². The molecule has 4 rings (SSSR count). The maximum absolute atomic E-state index is 13.5. The number of rotatable bonds is 8. The molecule has 0 aromatic heterocycles. The van der Waals surface area contributed by atoms with E-state index in [9.17, 15) is 9.59 Å². The Bertz CT molecular complexity index is 1210. The van der Waals surface area contributed by atoms with Crippen molar-refractivity contribution in [2.45, 2.75) is 39.5 Å². The van der Waals surface area contributed by atoms with Crippen molar-refractivity contribution in [3.05, 3.63) is 76.6 Å². The summed E-state index contributed by atoms with van der Waals surface area (Å²) in [6.07, 6.45) is 1.09. The molecular formula is C29H33NO6. The second-order valence-electron chi connectivity index (χ2n) is 9.84. The number of allylic oxidation sites excluding steroid dienone is 3. The summed E-state index contributed by atoms with van der Waals surface area (Å²) in [7, 11) is 3.15. The third kappa shape index (κ3) is 5.25. The zero-order chi connectivity index (χ0) is 25.9. The summed E-state index contributed by atoms with van der Waals surface area (Å²) in [4.78, 5) is 27.0. The van der Waals surface area contributed by atoms with Crippen molar-refractivity contribution in [2.75, 3.05) is 27.4 Å². The van der Waals surface area contributed by atoms with Gasteiger partial charge in [-0.2, -0.15) is 0 Å². The maximum atomic E-state index is 13.5. The van der Waals surface area contributed by atoms with Gasteiger partial charge in [0.15, 0.2) is 5.78 Å². The molecule has 1 N–H and O–H groups in total. The van der Waals surface area contributed by atoms with E-state index in [0.29, 0.717) is 52.5 Å². The number of para-hydroxylation sites is 1. The number of dihydropyridines is 1. The highest BCUT2D eigenvalue weighted by Gasteiger charge is 2.44. The lowest BCUT2D eigenvalue weighted by Crippen LogP contribution is -2.39. The maximum Gasteiger partial charge on any atom is 0.336 e. The van der Waals surface area contributed by atoms with Crippen molar-refractivity contribution >= 4 is 11.8 Å². The topological polar surface area (TPSA) is 83.1 Å². The standard InChI is InChI=1S/C29H33NO6/c1-18-25(28(32)36-14-13-35-19-9-7-6-8-10-19)26(21-15-20(33-4)11-12-24(21)34-5)27-22(30-18)16-29(2,3)17-23(27)31/h6-12,15,26,30H,13-14,16-17H2,1-5H3/t26-/m1/s1. The molecule has 0 spiro atoms. The van der Waals surface area contributed by atoms with Gasteiger partial charge in [-0.25, -0.2) is 4.79 Å². The van der Waals surface area contributed by atoms with Crippen LogP contribution >= 0.6 is 0 Å². The summed E-state index contributed by atoms with van der Waals surface area (Å²) in [5, 5.41) is 3.35. The van der Waals surface area contributed by atoms with Crippen LogP contribution in [0, 0.1) is 5.41 Å². The molecule has 36 heavy (non-hydrogen) atoms. The molecule has 7 heteroatoms. The van der Waals surface area contributed by atoms with Gasteiger partial charge in [0, 0.05) is 29.0 Å². The number of hydrogen-bond donors (Lipinski definition) is 1. The first-order valence-electron chi connectivity index (χ1n) is 12.0. The molecule has 190 valence electrons. The van der Waals surface area contributed by atoms with Crippen LogP contribution in [0.3, 0.4) is 0 Å². The monoisotopic (exact) mass is 491 g/mol. The largest absolute Gasteiger partial charge is 0.497 e. The molecule has 0 saturated heterocycles. The van der Waals surface area contributed by atoms with Gasteiger partial charge in [0.25, 0.3) is 0 Å². The Kier molecular flexibility index (Phi) is 7.38. The highest BCUT2D eigenvalue weighted by molar-refractivity contribution is 6.04. The first-order valence-corrected chi connectivity index (χ1v) is 12.0. The minimum absolute atomic E-state index is 0.00818. The Morgan fingerprint density at radius 2 is 1.75 bits per heavy atom. The van der Waals surface area contributed by atoms with Crippen molar-refractivity contribution in [3.8, 4) is 17.2 Å². The molecule has 1 aliphatic heterocycles. The molecule has 1 atom stereocenters. The molecule has 1 aliphatic carbocycles. The Morgan fingerprint density at radius 1 is 1.00 bits per heavy atom. The van der Waals surface area contributed by atoms with Crippen LogP contribution in [0.15, 0.2) is 71.1 Å². The number of carbonyl (C=O) groups excluding carboxylic acids is 2. The summed E-state index contributed by atoms with van der Waals surface area (Å²) >= 11 is 0. The molecule has 0 amide bonds. The number of ether oxygens (including phenoxy) is 4. The van der Waals surface area contributed by atoms with Crippen LogP contribution in [0.25, 0.3) is 0 Å². The number of ketones is 1. The summed E-state index contributed by atoms with van der Waals surface area (Å²) in [6, 6.07) is 14.8. The Balaban J connectivity index is 1.68. The number of carbonyl (C=O) groups is 2. The second kappa shape index (κ2) is 10.5. The van der Waals surface area contributed by atoms with Gasteiger partial charge in [-0.3, -0.25) is 4.79 Å². The van der Waals surface area contributed by atoms with Crippen LogP contribution in [-0.2, 0) is 14.3 Å². The number of methoxy groups -OCH3 is 2. The second-order valence-corrected chi connectivity index (χ2v) is 9.84. The SMILES string of the molecule is COc1ccc(OC)c([C@@H]2C(C(=O)OCCOc3ccccc3)=C(C)NC3=C2C(=O)CC(C)(C)C3)c1. The third-order valence-electron chi connectivity index (χ3n) is 6.54. The van der Waals surface area contributed by atoms with E-state index in [1.165, 1.54) is 0 Å². The zero-order valence-corrected chi connectivity index (χ0v) is 21.5. The van der Waals surface area contributed by atoms with E-state index >= 15 is 0 Å². The van der Waals surface area contributed by atoms with Crippen LogP contribution in [0.5, 0.6) is 17.2 Å². The van der Waals surface area contributed by atoms with Gasteiger partial charge >= 0.3 is 5.97 Å². The summed E-state index contributed by atoms with van der Waals surface area (Å²) in [5.74, 6) is 0.740. The molecule has 0 unspecified atom stereocenters. The third-order valence-corrected chi connectivity index (χ3v) is 6.54. The van der Waals surface area contributed by atoms with Gasteiger partial charge in [-0.1, -0.05) is 32.0 Å². The van der Waals surface area contributed by atoms with Crippen LogP contribution in [-0.4, -0.2) is 39.2 Å². The van der Waals surface area contributed by atoms with E-state index < -0.39 is 11.9 Å². The van der Waals surface area contributed by atoms with Crippen molar-refractivity contribution in [1.82, 2.24) is 5.32 Å². The van der Waals surface area contributed by atoms with Crippen molar-refractivity contribution in [2.24, 2.45) is 5.41 Å². The van der Waals surface area contributed by atoms with Crippen molar-refractivity contribution in [1.29, 1.82) is 0 Å². The van der Waals surface area contributed by atoms with Gasteiger partial charge in [0.1, 0.15) is 30.5 Å². The van der Waals surface area contributed by atoms with Crippen LogP contribution in [0.2, 0.25) is 0 Å². The molecule has 2 aromatic carbocycles. The van der Waals surface area contributed by atoms with Gasteiger partial charge in [-0.05, 0) is 49.1 Å². The van der Waals surface area contributed by atoms with E-state index in [1.54, 1.807) is 26.4 Å². The fourth-order valence-electron chi connectivity index (χ4n) is 4.97. The molecule has 1 heterocycles. The van der Waals surface area contributed by atoms with Gasteiger partial charge in [0.05, 0.1) is 25.7 Å². The normalized spacial score (nSPS) is 18.8. The summed E-state index contributed by atoms with van der Waals surface area (Å²) < 4.78 is 22.4. The van der Waals surface area contributed by atoms with E-state index in [2.05, 4.69) is 19.2 Å². The molecule has 0 bridgehead atoms. The lowest BCUT2D eigenvalue weighted by molar-refractivity contribution is -0.140. The number of benzene rings is 2. The fourth-order valence-corrected chi connectivity index (χ4v) is 4.97. The van der Waals surface area contributed by atoms with Crippen LogP contribution in [0.1, 0.15) is 45.1 Å². The number of esters is 1. The van der Waals surface area contributed by atoms with Gasteiger partial charge in [0.2, 0.25) is 0 Å². The quantitative estimate of drug-likeness (QED) is 0.414. The highest BCUT2D eigenvalue weighted by Crippen LogP contribution is 2.49. The lowest BCUT2D eigenvalue weighted by atomic mass is 9.68. The van der Waals surface area contributed by atoms with E-state index in [4.69, 9.17) is 18.9 Å². The Labute approximate surface area is 212 Å². The minimum Gasteiger partial charge on any atom is -0.497 e. The Morgan fingerprint density at radius 3 is 2.44 bits per heavy atom. The minimum atomic E-state index is -0.641. The average Bonchev–Trinajstić information content (AvgIpc) is 2.85. The van der Waals surface area contributed by atoms with Crippen molar-refractivity contribution in [3.63, 3.8) is 0 Å². The molecule has 7 nitrogen and oxygen atoms in total. The molecular weight excluding hydrogens is 458 g/mol. The van der Waals surface area contributed by atoms with Gasteiger partial charge < -0.3 is 24.3 Å². The van der Waals surface area contributed by atoms with E-state index in [-0.39, 0.29) is 24.4 Å². The first-order chi connectivity index (χ1) is 17.2. The predicted molar refractivity (Wildman–Crippen MR) is 136 cm³/mol. The predicted octanol–water partition coefficient (Wildman–Crippen LogP) is 4.93. The number of Topliss-reactive ketones (excluding diaryl/α,β-unsaturated/α-hetero) is 1. The first kappa shape index (κ1) is 25.4.